The molecule has 0 bridgehead atoms. The lowest BCUT2D eigenvalue weighted by atomic mass is 10.2. The Balaban J connectivity index is 0.00000117. The summed E-state index contributed by atoms with van der Waals surface area (Å²) in [5, 5.41) is 0.721. The molecule has 1 fully saturated rings. The van der Waals surface area contributed by atoms with Gasteiger partial charge in [0.1, 0.15) is 5.82 Å². The number of hydrogen-bond donors (Lipinski definition) is 1. The summed E-state index contributed by atoms with van der Waals surface area (Å²) in [5.74, 6) is 2.23. The lowest BCUT2D eigenvalue weighted by molar-refractivity contribution is -0.129. The summed E-state index contributed by atoms with van der Waals surface area (Å²) in [6, 6.07) is 3.57. The SMILES string of the molecule is CC.COc1cc2nc(N3CCN(C(C)=O)CC3)nc(N)c2cc1OC. The first-order chi connectivity index (χ1) is 12.5. The van der Waals surface area contributed by atoms with Crippen molar-refractivity contribution < 1.29 is 14.3 Å². The Bertz CT molecular complexity index is 773. The normalized spacial score (nSPS) is 13.9. The zero-order valence-electron chi connectivity index (χ0n) is 16.1. The van der Waals surface area contributed by atoms with E-state index in [0.717, 1.165) is 5.39 Å². The summed E-state index contributed by atoms with van der Waals surface area (Å²) < 4.78 is 10.6. The number of nitrogen functional groups attached to an aromatic ring is 1. The highest BCUT2D eigenvalue weighted by Gasteiger charge is 2.21. The number of methoxy groups -OCH3 is 2. The Hall–Kier alpha value is -2.77. The number of aromatic nitrogens is 2. The molecule has 0 unspecified atom stereocenters. The van der Waals surface area contributed by atoms with Gasteiger partial charge in [0.2, 0.25) is 11.9 Å². The summed E-state index contributed by atoms with van der Waals surface area (Å²) >= 11 is 0. The molecule has 0 aliphatic carbocycles. The largest absolute Gasteiger partial charge is 0.493 e. The van der Waals surface area contributed by atoms with Crippen LogP contribution in [0.1, 0.15) is 20.8 Å². The molecule has 0 saturated carbocycles. The van der Waals surface area contributed by atoms with Crippen molar-refractivity contribution in [2.24, 2.45) is 0 Å². The van der Waals surface area contributed by atoms with E-state index in [1.165, 1.54) is 0 Å². The second-order valence-electron chi connectivity index (χ2n) is 5.63. The molecule has 8 nitrogen and oxygen atoms in total. The van der Waals surface area contributed by atoms with Gasteiger partial charge < -0.3 is 25.0 Å². The van der Waals surface area contributed by atoms with Gasteiger partial charge in [0.05, 0.1) is 19.7 Å². The number of anilines is 2. The van der Waals surface area contributed by atoms with Crippen LogP contribution >= 0.6 is 0 Å². The van der Waals surface area contributed by atoms with Crippen LogP contribution in [0.5, 0.6) is 11.5 Å². The van der Waals surface area contributed by atoms with Crippen LogP contribution in [0.4, 0.5) is 11.8 Å². The van der Waals surface area contributed by atoms with Crippen LogP contribution in [0.2, 0.25) is 0 Å². The van der Waals surface area contributed by atoms with Crippen molar-refractivity contribution in [1.82, 2.24) is 14.9 Å². The van der Waals surface area contributed by atoms with Crippen molar-refractivity contribution >= 4 is 28.6 Å². The monoisotopic (exact) mass is 361 g/mol. The van der Waals surface area contributed by atoms with Crippen molar-refractivity contribution in [1.29, 1.82) is 0 Å². The fraction of sp³-hybridized carbons (Fsp3) is 0.500. The molecule has 3 rings (SSSR count). The molecular formula is C18H27N5O3. The van der Waals surface area contributed by atoms with Crippen LogP contribution in [0.15, 0.2) is 12.1 Å². The molecule has 2 heterocycles. The van der Waals surface area contributed by atoms with E-state index >= 15 is 0 Å². The fourth-order valence-corrected chi connectivity index (χ4v) is 2.83. The molecule has 1 saturated heterocycles. The number of carbonyl (C=O) groups is 1. The third-order valence-corrected chi connectivity index (χ3v) is 4.23. The fourth-order valence-electron chi connectivity index (χ4n) is 2.83. The molecule has 0 atom stereocenters. The molecule has 1 aromatic carbocycles. The molecule has 1 aliphatic heterocycles. The predicted molar refractivity (Wildman–Crippen MR) is 103 cm³/mol. The number of nitrogens with zero attached hydrogens (tertiary/aromatic N) is 4. The molecule has 0 spiro atoms. The van der Waals surface area contributed by atoms with Gasteiger partial charge in [-0.25, -0.2) is 4.98 Å². The second kappa shape index (κ2) is 8.55. The predicted octanol–water partition coefficient (Wildman–Crippen LogP) is 1.92. The van der Waals surface area contributed by atoms with Gasteiger partial charge in [0.25, 0.3) is 0 Å². The quantitative estimate of drug-likeness (QED) is 0.892. The lowest BCUT2D eigenvalue weighted by Gasteiger charge is -2.34. The third kappa shape index (κ3) is 3.89. The lowest BCUT2D eigenvalue weighted by Crippen LogP contribution is -2.48. The summed E-state index contributed by atoms with van der Waals surface area (Å²) in [6.07, 6.45) is 0. The Kier molecular flexibility index (Phi) is 6.43. The summed E-state index contributed by atoms with van der Waals surface area (Å²) in [7, 11) is 3.15. The number of nitrogens with two attached hydrogens (primary N) is 1. The zero-order valence-corrected chi connectivity index (χ0v) is 16.1. The van der Waals surface area contributed by atoms with Gasteiger partial charge in [0, 0.05) is 44.6 Å². The van der Waals surface area contributed by atoms with Crippen LogP contribution in [0, 0.1) is 0 Å². The van der Waals surface area contributed by atoms with E-state index in [4.69, 9.17) is 15.2 Å². The highest BCUT2D eigenvalue weighted by atomic mass is 16.5. The molecule has 2 N–H and O–H groups in total. The van der Waals surface area contributed by atoms with Gasteiger partial charge >= 0.3 is 0 Å². The van der Waals surface area contributed by atoms with Gasteiger partial charge in [0.15, 0.2) is 11.5 Å². The van der Waals surface area contributed by atoms with Gasteiger partial charge in [-0.2, -0.15) is 4.98 Å². The van der Waals surface area contributed by atoms with E-state index in [2.05, 4.69) is 9.97 Å². The Morgan fingerprint density at radius 3 is 2.15 bits per heavy atom. The first-order valence-electron chi connectivity index (χ1n) is 8.73. The van der Waals surface area contributed by atoms with Gasteiger partial charge in [-0.1, -0.05) is 13.8 Å². The summed E-state index contributed by atoms with van der Waals surface area (Å²) in [4.78, 5) is 24.3. The van der Waals surface area contributed by atoms with Gasteiger partial charge in [-0.05, 0) is 6.07 Å². The minimum atomic E-state index is 0.0884. The van der Waals surface area contributed by atoms with Crippen molar-refractivity contribution in [2.45, 2.75) is 20.8 Å². The molecule has 1 amide bonds. The van der Waals surface area contributed by atoms with Gasteiger partial charge in [-0.15, -0.1) is 0 Å². The van der Waals surface area contributed by atoms with Crippen molar-refractivity contribution in [3.63, 3.8) is 0 Å². The summed E-state index contributed by atoms with van der Waals surface area (Å²) in [5.41, 5.74) is 6.81. The molecule has 142 valence electrons. The number of carbonyl (C=O) groups excluding carboxylic acids is 1. The van der Waals surface area contributed by atoms with Crippen LogP contribution in [0.25, 0.3) is 10.9 Å². The maximum atomic E-state index is 11.4. The Morgan fingerprint density at radius 1 is 1.04 bits per heavy atom. The number of benzene rings is 1. The second-order valence-corrected chi connectivity index (χ2v) is 5.63. The van der Waals surface area contributed by atoms with E-state index in [0.29, 0.717) is 55.0 Å². The van der Waals surface area contributed by atoms with E-state index in [1.807, 2.05) is 23.6 Å². The summed E-state index contributed by atoms with van der Waals surface area (Å²) in [6.45, 7) is 8.25. The first kappa shape index (κ1) is 19.6. The van der Waals surface area contributed by atoms with E-state index < -0.39 is 0 Å². The topological polar surface area (TPSA) is 93.8 Å². The number of amides is 1. The number of hydrogen-bond acceptors (Lipinski definition) is 7. The van der Waals surface area contributed by atoms with Crippen molar-refractivity contribution in [3.8, 4) is 11.5 Å². The smallest absolute Gasteiger partial charge is 0.228 e. The van der Waals surface area contributed by atoms with Crippen LogP contribution in [0.3, 0.4) is 0 Å². The van der Waals surface area contributed by atoms with E-state index in [9.17, 15) is 4.79 Å². The van der Waals surface area contributed by atoms with E-state index in [1.54, 1.807) is 33.3 Å². The first-order valence-corrected chi connectivity index (χ1v) is 8.73. The van der Waals surface area contributed by atoms with E-state index in [-0.39, 0.29) is 5.91 Å². The molecule has 8 heteroatoms. The van der Waals surface area contributed by atoms with Crippen molar-refractivity contribution in [3.05, 3.63) is 12.1 Å². The minimum absolute atomic E-state index is 0.0884. The van der Waals surface area contributed by atoms with Crippen LogP contribution in [-0.4, -0.2) is 61.2 Å². The molecule has 1 aliphatic rings. The maximum Gasteiger partial charge on any atom is 0.228 e. The standard InChI is InChI=1S/C16H21N5O3.C2H6/c1-10(22)20-4-6-21(7-5-20)16-18-12-9-14(24-3)13(23-2)8-11(12)15(17)19-16;1-2/h8-9H,4-7H2,1-3H3,(H2,17,18,19);1-2H3. The maximum absolute atomic E-state index is 11.4. The number of piperazine rings is 1. The van der Waals surface area contributed by atoms with Gasteiger partial charge in [-0.3, -0.25) is 4.79 Å². The molecular weight excluding hydrogens is 334 g/mol. The highest BCUT2D eigenvalue weighted by molar-refractivity contribution is 5.91. The zero-order chi connectivity index (χ0) is 19.3. The average Bonchev–Trinajstić information content (AvgIpc) is 2.68. The number of ether oxygens (including phenoxy) is 2. The number of rotatable bonds is 3. The molecule has 0 radical (unpaired) electrons. The highest BCUT2D eigenvalue weighted by Crippen LogP contribution is 2.34. The average molecular weight is 361 g/mol. The molecule has 1 aromatic heterocycles. The third-order valence-electron chi connectivity index (χ3n) is 4.23. The van der Waals surface area contributed by atoms with Crippen LogP contribution in [-0.2, 0) is 4.79 Å². The molecule has 26 heavy (non-hydrogen) atoms. The van der Waals surface area contributed by atoms with Crippen molar-refractivity contribution in [2.75, 3.05) is 51.0 Å². The molecule has 2 aromatic rings. The minimum Gasteiger partial charge on any atom is -0.493 e. The number of fused-ring (bicyclic) bond motifs is 1. The Labute approximate surface area is 153 Å². The van der Waals surface area contributed by atoms with Crippen LogP contribution < -0.4 is 20.1 Å². The Morgan fingerprint density at radius 2 is 1.62 bits per heavy atom.